The first-order chi connectivity index (χ1) is 11.9. The maximum absolute atomic E-state index is 12.9. The first-order valence-electron chi connectivity index (χ1n) is 8.89. The number of alkyl halides is 1. The average molecular weight is 365 g/mol. The van der Waals surface area contributed by atoms with Gasteiger partial charge in [0.1, 0.15) is 5.82 Å². The predicted molar refractivity (Wildman–Crippen MR) is 93.7 cm³/mol. The van der Waals surface area contributed by atoms with E-state index in [1.807, 2.05) is 0 Å². The molecule has 1 aromatic carbocycles. The molecule has 1 aromatic rings. The lowest BCUT2D eigenvalue weighted by Crippen LogP contribution is -2.58. The Bertz CT molecular complexity index is 692. The van der Waals surface area contributed by atoms with Gasteiger partial charge < -0.3 is 10.6 Å². The minimum Gasteiger partial charge on any atom is -0.347 e. The van der Waals surface area contributed by atoms with E-state index in [0.29, 0.717) is 17.5 Å². The second-order valence-electron chi connectivity index (χ2n) is 8.13. The Balaban J connectivity index is 1.36. The molecule has 4 nitrogen and oxygen atoms in total. The van der Waals surface area contributed by atoms with Gasteiger partial charge in [0.05, 0.1) is 12.0 Å². The quantitative estimate of drug-likeness (QED) is 0.804. The number of hydrogen-bond acceptors (Lipinski definition) is 2. The van der Waals surface area contributed by atoms with Crippen LogP contribution in [-0.4, -0.2) is 23.2 Å². The number of carbonyl (C=O) groups excluding carboxylic acids is 2. The third kappa shape index (κ3) is 3.26. The van der Waals surface area contributed by atoms with Crippen LogP contribution >= 0.6 is 11.6 Å². The van der Waals surface area contributed by atoms with Crippen LogP contribution in [0.15, 0.2) is 24.3 Å². The Hall–Kier alpha value is -1.62. The smallest absolute Gasteiger partial charge is 0.243 e. The number of carbonyl (C=O) groups is 2. The summed E-state index contributed by atoms with van der Waals surface area (Å²) >= 11 is 6.76. The Morgan fingerprint density at radius 1 is 1.12 bits per heavy atom. The molecule has 4 aliphatic carbocycles. The number of anilines is 1. The molecule has 0 radical (unpaired) electrons. The number of rotatable bonds is 4. The molecule has 4 aliphatic rings. The van der Waals surface area contributed by atoms with Gasteiger partial charge in [-0.15, -0.1) is 11.6 Å². The largest absolute Gasteiger partial charge is 0.347 e. The molecule has 2 unspecified atom stereocenters. The summed E-state index contributed by atoms with van der Waals surface area (Å²) in [4.78, 5) is 24.7. The molecular formula is C19H22ClFN2O2. The first-order valence-corrected chi connectivity index (χ1v) is 9.26. The van der Waals surface area contributed by atoms with Crippen molar-refractivity contribution in [3.8, 4) is 0 Å². The minimum atomic E-state index is -0.401. The Kier molecular flexibility index (Phi) is 4.02. The van der Waals surface area contributed by atoms with Gasteiger partial charge >= 0.3 is 0 Å². The van der Waals surface area contributed by atoms with Crippen molar-refractivity contribution >= 4 is 29.1 Å². The van der Waals surface area contributed by atoms with Crippen molar-refractivity contribution in [2.75, 3.05) is 11.9 Å². The van der Waals surface area contributed by atoms with Crippen molar-refractivity contribution in [1.29, 1.82) is 0 Å². The van der Waals surface area contributed by atoms with Crippen molar-refractivity contribution in [2.45, 2.75) is 43.4 Å². The van der Waals surface area contributed by atoms with E-state index < -0.39 is 5.41 Å². The summed E-state index contributed by atoms with van der Waals surface area (Å²) in [6, 6.07) is 5.55. The second-order valence-corrected chi connectivity index (χ2v) is 8.93. The molecule has 0 aromatic heterocycles. The van der Waals surface area contributed by atoms with Gasteiger partial charge in [-0.05, 0) is 74.6 Å². The molecule has 0 saturated heterocycles. The number of nitrogens with one attached hydrogen (secondary N) is 2. The normalized spacial score (nSPS) is 35.4. The molecule has 2 amide bonds. The third-order valence-corrected chi connectivity index (χ3v) is 6.45. The Morgan fingerprint density at radius 2 is 1.76 bits per heavy atom. The molecule has 5 rings (SSSR count). The number of hydrogen-bond donors (Lipinski definition) is 2. The monoisotopic (exact) mass is 364 g/mol. The second kappa shape index (κ2) is 5.97. The van der Waals surface area contributed by atoms with Crippen molar-refractivity contribution in [1.82, 2.24) is 5.32 Å². The summed E-state index contributed by atoms with van der Waals surface area (Å²) in [7, 11) is 0. The Labute approximate surface area is 151 Å². The lowest BCUT2D eigenvalue weighted by Gasteiger charge is -2.59. The lowest BCUT2D eigenvalue weighted by atomic mass is 9.49. The highest BCUT2D eigenvalue weighted by molar-refractivity contribution is 6.24. The number of benzene rings is 1. The van der Waals surface area contributed by atoms with Crippen LogP contribution in [0.4, 0.5) is 10.1 Å². The standard InChI is InChI=1S/C19H22ClFN2O2/c20-19-8-12-5-13(9-19)7-18(6-12,11-19)17(25)22-10-16(24)23-15-3-1-14(21)2-4-15/h1-4,12-13H,5-11H2,(H,22,25)(H,23,24). The molecule has 4 fully saturated rings. The van der Waals surface area contributed by atoms with Crippen LogP contribution in [0, 0.1) is 23.1 Å². The van der Waals surface area contributed by atoms with Gasteiger partial charge in [0, 0.05) is 10.6 Å². The van der Waals surface area contributed by atoms with E-state index in [-0.39, 0.29) is 29.1 Å². The predicted octanol–water partition coefficient (Wildman–Crippen LogP) is 3.46. The highest BCUT2D eigenvalue weighted by Gasteiger charge is 2.59. The molecule has 25 heavy (non-hydrogen) atoms. The van der Waals surface area contributed by atoms with Crippen LogP contribution in [0.3, 0.4) is 0 Å². The number of amides is 2. The fraction of sp³-hybridized carbons (Fsp3) is 0.579. The highest BCUT2D eigenvalue weighted by Crippen LogP contribution is 2.63. The number of halogens is 2. The van der Waals surface area contributed by atoms with Crippen LogP contribution in [-0.2, 0) is 9.59 Å². The SMILES string of the molecule is O=C(CNC(=O)C12CC3CC(CC(Cl)(C3)C1)C2)Nc1ccc(F)cc1. The average Bonchev–Trinajstić information content (AvgIpc) is 2.52. The van der Waals surface area contributed by atoms with Crippen molar-refractivity contribution in [3.05, 3.63) is 30.1 Å². The molecule has 2 atom stereocenters. The molecule has 6 heteroatoms. The van der Waals surface area contributed by atoms with Crippen molar-refractivity contribution in [2.24, 2.45) is 17.3 Å². The van der Waals surface area contributed by atoms with Crippen LogP contribution in [0.1, 0.15) is 38.5 Å². The highest BCUT2D eigenvalue weighted by atomic mass is 35.5. The van der Waals surface area contributed by atoms with Gasteiger partial charge in [0.15, 0.2) is 0 Å². The summed E-state index contributed by atoms with van der Waals surface area (Å²) in [6.07, 6.45) is 5.73. The summed E-state index contributed by atoms with van der Waals surface area (Å²) in [6.45, 7) is -0.0808. The van der Waals surface area contributed by atoms with Crippen LogP contribution in [0.5, 0.6) is 0 Å². The van der Waals surface area contributed by atoms with E-state index in [1.165, 1.54) is 30.7 Å². The topological polar surface area (TPSA) is 58.2 Å². The van der Waals surface area contributed by atoms with Gasteiger partial charge in [-0.1, -0.05) is 0 Å². The van der Waals surface area contributed by atoms with Gasteiger partial charge in [-0.25, -0.2) is 4.39 Å². The van der Waals surface area contributed by atoms with Gasteiger partial charge in [-0.2, -0.15) is 0 Å². The zero-order valence-electron chi connectivity index (χ0n) is 14.0. The van der Waals surface area contributed by atoms with Crippen molar-refractivity contribution < 1.29 is 14.0 Å². The zero-order chi connectivity index (χ0) is 17.7. The van der Waals surface area contributed by atoms with E-state index in [1.54, 1.807) is 0 Å². The van der Waals surface area contributed by atoms with Crippen LogP contribution in [0.2, 0.25) is 0 Å². The molecule has 4 bridgehead atoms. The molecule has 0 aliphatic heterocycles. The first kappa shape index (κ1) is 16.8. The summed E-state index contributed by atoms with van der Waals surface area (Å²) in [5.41, 5.74) is 0.109. The fourth-order valence-electron chi connectivity index (χ4n) is 5.50. The van der Waals surface area contributed by atoms with E-state index in [2.05, 4.69) is 10.6 Å². The van der Waals surface area contributed by atoms with Gasteiger partial charge in [0.2, 0.25) is 11.8 Å². The molecule has 134 valence electrons. The summed E-state index contributed by atoms with van der Waals surface area (Å²) < 4.78 is 12.9. The Morgan fingerprint density at radius 3 is 2.36 bits per heavy atom. The van der Waals surface area contributed by atoms with Gasteiger partial charge in [-0.3, -0.25) is 9.59 Å². The van der Waals surface area contributed by atoms with Crippen LogP contribution in [0.25, 0.3) is 0 Å². The van der Waals surface area contributed by atoms with Crippen LogP contribution < -0.4 is 10.6 Å². The van der Waals surface area contributed by atoms with E-state index in [4.69, 9.17) is 11.6 Å². The zero-order valence-corrected chi connectivity index (χ0v) is 14.7. The van der Waals surface area contributed by atoms with Crippen molar-refractivity contribution in [3.63, 3.8) is 0 Å². The molecule has 0 heterocycles. The maximum Gasteiger partial charge on any atom is 0.243 e. The summed E-state index contributed by atoms with van der Waals surface area (Å²) in [5.74, 6) is 0.365. The minimum absolute atomic E-state index is 0.0409. The molecular weight excluding hydrogens is 343 g/mol. The maximum atomic E-state index is 12.9. The molecule has 2 N–H and O–H groups in total. The molecule has 0 spiro atoms. The van der Waals surface area contributed by atoms with E-state index >= 15 is 0 Å². The lowest BCUT2D eigenvalue weighted by molar-refractivity contribution is -0.145. The van der Waals surface area contributed by atoms with E-state index in [0.717, 1.165) is 32.1 Å². The fourth-order valence-corrected chi connectivity index (χ4v) is 6.20. The van der Waals surface area contributed by atoms with E-state index in [9.17, 15) is 14.0 Å². The molecule has 4 saturated carbocycles. The third-order valence-electron chi connectivity index (χ3n) is 6.01. The summed E-state index contributed by atoms with van der Waals surface area (Å²) in [5, 5.41) is 5.46. The van der Waals surface area contributed by atoms with Gasteiger partial charge in [0.25, 0.3) is 0 Å².